The van der Waals surface area contributed by atoms with E-state index >= 15 is 0 Å². The Labute approximate surface area is 134 Å². The molecule has 3 unspecified atom stereocenters. The van der Waals surface area contributed by atoms with Crippen molar-refractivity contribution in [3.05, 3.63) is 12.2 Å². The zero-order chi connectivity index (χ0) is 16.3. The summed E-state index contributed by atoms with van der Waals surface area (Å²) in [5, 5.41) is 0.912. The first-order valence-electron chi connectivity index (χ1n) is 8.31. The number of rotatable bonds is 1. The molecule has 4 fully saturated rings. The molecule has 6 heteroatoms. The van der Waals surface area contributed by atoms with Crippen LogP contribution in [0.15, 0.2) is 12.2 Å². The summed E-state index contributed by atoms with van der Waals surface area (Å²) < 4.78 is 5.17. The normalized spacial score (nSPS) is 47.9. The van der Waals surface area contributed by atoms with Crippen molar-refractivity contribution >= 4 is 17.9 Å². The average Bonchev–Trinajstić information content (AvgIpc) is 3.27. The minimum absolute atomic E-state index is 0.172. The molecule has 7 atom stereocenters. The van der Waals surface area contributed by atoms with Crippen LogP contribution in [-0.2, 0) is 14.3 Å². The molecule has 6 aliphatic rings. The van der Waals surface area contributed by atoms with Gasteiger partial charge in [-0.15, -0.1) is 0 Å². The first-order chi connectivity index (χ1) is 10.8. The molecule has 6 nitrogen and oxygen atoms in total. The van der Waals surface area contributed by atoms with Gasteiger partial charge in [0.1, 0.15) is 5.60 Å². The summed E-state index contributed by atoms with van der Waals surface area (Å²) in [5.74, 6) is 0.539. The fraction of sp³-hybridized carbons (Fsp3) is 0.706. The van der Waals surface area contributed by atoms with Crippen LogP contribution in [0.3, 0.4) is 0 Å². The van der Waals surface area contributed by atoms with Crippen molar-refractivity contribution in [2.24, 2.45) is 40.9 Å². The van der Waals surface area contributed by atoms with E-state index in [1.54, 1.807) is 20.8 Å². The number of nitrogens with one attached hydrogen (secondary N) is 1. The Morgan fingerprint density at radius 3 is 2.61 bits per heavy atom. The van der Waals surface area contributed by atoms with Crippen molar-refractivity contribution in [1.82, 2.24) is 10.4 Å². The molecular formula is C17H20N2O4. The van der Waals surface area contributed by atoms with Gasteiger partial charge in [-0.05, 0) is 56.3 Å². The monoisotopic (exact) mass is 316 g/mol. The number of hydrazine groups is 1. The van der Waals surface area contributed by atoms with Gasteiger partial charge in [0.05, 0.1) is 11.8 Å². The van der Waals surface area contributed by atoms with Gasteiger partial charge in [0.2, 0.25) is 0 Å². The van der Waals surface area contributed by atoms with E-state index in [0.29, 0.717) is 11.3 Å². The van der Waals surface area contributed by atoms with Crippen molar-refractivity contribution < 1.29 is 19.1 Å². The molecule has 0 aromatic carbocycles. The number of amides is 3. The Bertz CT molecular complexity index is 693. The Morgan fingerprint density at radius 2 is 1.96 bits per heavy atom. The van der Waals surface area contributed by atoms with Gasteiger partial charge in [-0.2, -0.15) is 5.01 Å². The van der Waals surface area contributed by atoms with Crippen molar-refractivity contribution in [1.29, 1.82) is 0 Å². The summed E-state index contributed by atoms with van der Waals surface area (Å²) in [5.41, 5.74) is 2.00. The van der Waals surface area contributed by atoms with E-state index in [0.717, 1.165) is 10.9 Å². The molecule has 6 rings (SSSR count). The van der Waals surface area contributed by atoms with Gasteiger partial charge in [0.25, 0.3) is 11.8 Å². The zero-order valence-corrected chi connectivity index (χ0v) is 13.4. The fourth-order valence-electron chi connectivity index (χ4n) is 5.57. The molecule has 1 heterocycles. The SMILES string of the molecule is CC(C)(C)OC(=O)NN1C(=O)[C@@H]2C3C=CC(C4[C@H]5C[C@]345)[C@@H]2C1=O. The molecule has 2 bridgehead atoms. The summed E-state index contributed by atoms with van der Waals surface area (Å²) in [6, 6.07) is 0. The van der Waals surface area contributed by atoms with Crippen molar-refractivity contribution in [2.45, 2.75) is 32.8 Å². The van der Waals surface area contributed by atoms with E-state index < -0.39 is 11.7 Å². The average molecular weight is 316 g/mol. The maximum Gasteiger partial charge on any atom is 0.427 e. The lowest BCUT2D eigenvalue weighted by atomic mass is 9.58. The van der Waals surface area contributed by atoms with E-state index in [9.17, 15) is 14.4 Å². The second-order valence-electron chi connectivity index (χ2n) is 8.61. The molecule has 23 heavy (non-hydrogen) atoms. The van der Waals surface area contributed by atoms with Gasteiger partial charge in [0, 0.05) is 0 Å². The lowest BCUT2D eigenvalue weighted by molar-refractivity contribution is -0.143. The van der Waals surface area contributed by atoms with Crippen LogP contribution >= 0.6 is 0 Å². The van der Waals surface area contributed by atoms with Crippen molar-refractivity contribution in [3.63, 3.8) is 0 Å². The molecule has 3 amide bonds. The van der Waals surface area contributed by atoms with Crippen LogP contribution in [0.1, 0.15) is 27.2 Å². The Kier molecular flexibility index (Phi) is 2.14. The van der Waals surface area contributed by atoms with Crippen LogP contribution in [0, 0.1) is 40.9 Å². The minimum atomic E-state index is -0.759. The molecular weight excluding hydrogens is 296 g/mol. The topological polar surface area (TPSA) is 75.7 Å². The molecule has 3 saturated carbocycles. The fourth-order valence-corrected chi connectivity index (χ4v) is 5.57. The van der Waals surface area contributed by atoms with Crippen LogP contribution in [0.2, 0.25) is 0 Å². The molecule has 1 spiro atoms. The first-order valence-corrected chi connectivity index (χ1v) is 8.31. The number of hydrogen-bond donors (Lipinski definition) is 1. The summed E-state index contributed by atoms with van der Waals surface area (Å²) in [4.78, 5) is 37.4. The molecule has 0 aromatic heterocycles. The molecule has 1 saturated heterocycles. The molecule has 122 valence electrons. The van der Waals surface area contributed by atoms with Gasteiger partial charge in [0.15, 0.2) is 0 Å². The third-order valence-electron chi connectivity index (χ3n) is 6.43. The van der Waals surface area contributed by atoms with E-state index in [-0.39, 0.29) is 35.5 Å². The van der Waals surface area contributed by atoms with E-state index in [4.69, 9.17) is 4.74 Å². The number of nitrogens with zero attached hydrogens (tertiary/aromatic N) is 1. The van der Waals surface area contributed by atoms with E-state index in [1.807, 2.05) is 0 Å². The van der Waals surface area contributed by atoms with Gasteiger partial charge >= 0.3 is 6.09 Å². The van der Waals surface area contributed by atoms with Gasteiger partial charge in [-0.3, -0.25) is 9.59 Å². The van der Waals surface area contributed by atoms with Gasteiger partial charge < -0.3 is 4.74 Å². The number of ether oxygens (including phenoxy) is 1. The number of allylic oxidation sites excluding steroid dienone is 2. The Hall–Kier alpha value is -1.85. The van der Waals surface area contributed by atoms with Crippen molar-refractivity contribution in [3.8, 4) is 0 Å². The van der Waals surface area contributed by atoms with Crippen LogP contribution in [0.5, 0.6) is 0 Å². The lowest BCUT2D eigenvalue weighted by Crippen LogP contribution is -2.48. The molecule has 1 N–H and O–H groups in total. The van der Waals surface area contributed by atoms with E-state index in [2.05, 4.69) is 17.6 Å². The van der Waals surface area contributed by atoms with E-state index in [1.165, 1.54) is 6.42 Å². The smallest absolute Gasteiger partial charge is 0.427 e. The molecule has 1 aliphatic heterocycles. The van der Waals surface area contributed by atoms with Crippen molar-refractivity contribution in [2.75, 3.05) is 0 Å². The number of carbonyl (C=O) groups excluding carboxylic acids is 3. The summed E-state index contributed by atoms with van der Waals surface area (Å²) >= 11 is 0. The maximum absolute atomic E-state index is 12.8. The predicted molar refractivity (Wildman–Crippen MR) is 78.4 cm³/mol. The van der Waals surface area contributed by atoms with Crippen LogP contribution in [0.25, 0.3) is 0 Å². The highest BCUT2D eigenvalue weighted by Gasteiger charge is 2.88. The minimum Gasteiger partial charge on any atom is -0.443 e. The van der Waals surface area contributed by atoms with Gasteiger partial charge in [-0.25, -0.2) is 10.2 Å². The summed E-state index contributed by atoms with van der Waals surface area (Å²) in [6.45, 7) is 5.22. The first kappa shape index (κ1) is 13.6. The number of hydrogen-bond acceptors (Lipinski definition) is 4. The molecule has 5 aliphatic carbocycles. The second kappa shape index (κ2) is 3.62. The highest BCUT2D eigenvalue weighted by Crippen LogP contribution is 2.91. The third-order valence-corrected chi connectivity index (χ3v) is 6.43. The summed E-state index contributed by atoms with van der Waals surface area (Å²) in [7, 11) is 0. The number of imide groups is 1. The molecule has 0 aromatic rings. The zero-order valence-electron chi connectivity index (χ0n) is 13.4. The maximum atomic E-state index is 12.8. The third kappa shape index (κ3) is 1.47. The largest absolute Gasteiger partial charge is 0.443 e. The van der Waals surface area contributed by atoms with Gasteiger partial charge in [-0.1, -0.05) is 12.2 Å². The standard InChI is InChI=1S/C17H20N2O4/c1-16(2,3)23-15(22)18-19-13(20)10-7-4-5-8(11(10)14(19)21)17-6-9(17)12(7)17/h4-5,7-12H,6H2,1-3H3,(H,18,22)/t7?,8?,9-,10+,11-,12?,17-/m1/s1. The quantitative estimate of drug-likeness (QED) is 0.587. The molecule has 0 radical (unpaired) electrons. The highest BCUT2D eigenvalue weighted by molar-refractivity contribution is 6.07. The van der Waals surface area contributed by atoms with Crippen LogP contribution in [0.4, 0.5) is 4.79 Å². The highest BCUT2D eigenvalue weighted by atomic mass is 16.6. The van der Waals surface area contributed by atoms with Crippen LogP contribution in [-0.4, -0.2) is 28.5 Å². The number of carbonyl (C=O) groups is 3. The lowest BCUT2D eigenvalue weighted by Gasteiger charge is -2.42. The summed E-state index contributed by atoms with van der Waals surface area (Å²) in [6.07, 6.45) is 4.73. The Balaban J connectivity index is 1.40. The predicted octanol–water partition coefficient (Wildman–Crippen LogP) is 1.48. The Morgan fingerprint density at radius 1 is 1.26 bits per heavy atom. The second-order valence-corrected chi connectivity index (χ2v) is 8.61. The van der Waals surface area contributed by atoms with Crippen LogP contribution < -0.4 is 5.43 Å².